The molecule has 146 valence electrons. The number of piperidine rings is 1. The number of rotatable bonds is 5. The number of nitrogens with one attached hydrogen (secondary N) is 1. The van der Waals surface area contributed by atoms with Gasteiger partial charge in [0.2, 0.25) is 0 Å². The van der Waals surface area contributed by atoms with Crippen LogP contribution in [0.15, 0.2) is 53.1 Å². The summed E-state index contributed by atoms with van der Waals surface area (Å²) in [6.07, 6.45) is 0.562. The third-order valence-electron chi connectivity index (χ3n) is 5.05. The number of carbonyl (C=O) groups is 1. The largest absolute Gasteiger partial charge is 0.463 e. The Bertz CT molecular complexity index is 951. The number of fused-ring (bicyclic) bond motifs is 1. The molecule has 1 aromatic carbocycles. The van der Waals surface area contributed by atoms with Crippen molar-refractivity contribution in [2.75, 3.05) is 19.6 Å². The molecule has 2 aromatic heterocycles. The number of likely N-dealkylation sites (tertiary alicyclic amines) is 1. The van der Waals surface area contributed by atoms with E-state index < -0.39 is 6.43 Å². The normalized spacial score (nSPS) is 16.0. The topological polar surface area (TPSA) is 58.4 Å². The molecular weight excluding hydrogens is 364 g/mol. The molecule has 3 heterocycles. The number of halogens is 2. The van der Waals surface area contributed by atoms with Gasteiger partial charge in [-0.05, 0) is 37.1 Å². The van der Waals surface area contributed by atoms with Crippen LogP contribution in [-0.4, -0.2) is 47.9 Å². The Balaban J connectivity index is 1.54. The molecule has 0 bridgehead atoms. The summed E-state index contributed by atoms with van der Waals surface area (Å²) in [6.45, 7) is 0.913. The lowest BCUT2D eigenvalue weighted by molar-refractivity contribution is 0.0696. The van der Waals surface area contributed by atoms with E-state index in [2.05, 4.69) is 10.3 Å². The Morgan fingerprint density at radius 3 is 2.71 bits per heavy atom. The van der Waals surface area contributed by atoms with Gasteiger partial charge in [0.05, 0.1) is 23.9 Å². The zero-order valence-electron chi connectivity index (χ0n) is 15.3. The fourth-order valence-corrected chi connectivity index (χ4v) is 3.63. The number of benzene rings is 1. The van der Waals surface area contributed by atoms with E-state index in [0.29, 0.717) is 48.5 Å². The molecule has 0 radical (unpaired) electrons. The van der Waals surface area contributed by atoms with E-state index in [-0.39, 0.29) is 18.5 Å². The van der Waals surface area contributed by atoms with E-state index in [0.717, 1.165) is 5.39 Å². The molecule has 4 rings (SSSR count). The lowest BCUT2D eigenvalue weighted by atomic mass is 10.0. The van der Waals surface area contributed by atoms with Crippen LogP contribution in [0.25, 0.3) is 22.4 Å². The lowest BCUT2D eigenvalue weighted by Crippen LogP contribution is -2.45. The standard InChI is InChI=1S/C21H21F2N3O2/c22-20(23)13-26-9-7-14(8-10-26)24-21(27)16-12-18(19-6-3-11-28-19)25-17-5-2-1-4-15(16)17/h1-6,11-12,14,20H,7-10,13H2,(H,24,27). The van der Waals surface area contributed by atoms with Gasteiger partial charge in [0.15, 0.2) is 5.76 Å². The minimum atomic E-state index is -2.32. The highest BCUT2D eigenvalue weighted by Gasteiger charge is 2.24. The first kappa shape index (κ1) is 18.6. The summed E-state index contributed by atoms with van der Waals surface area (Å²) in [7, 11) is 0. The Labute approximate surface area is 161 Å². The molecule has 1 amide bonds. The number of hydrogen-bond acceptors (Lipinski definition) is 4. The van der Waals surface area contributed by atoms with Gasteiger partial charge in [-0.3, -0.25) is 9.69 Å². The van der Waals surface area contributed by atoms with E-state index in [1.807, 2.05) is 24.3 Å². The van der Waals surface area contributed by atoms with E-state index in [1.54, 1.807) is 29.4 Å². The average Bonchev–Trinajstić information content (AvgIpc) is 3.23. The molecule has 1 saturated heterocycles. The molecular formula is C21H21F2N3O2. The second-order valence-electron chi connectivity index (χ2n) is 6.99. The number of para-hydroxylation sites is 1. The van der Waals surface area contributed by atoms with E-state index >= 15 is 0 Å². The molecule has 0 aliphatic carbocycles. The van der Waals surface area contributed by atoms with Gasteiger partial charge in [-0.2, -0.15) is 0 Å². The number of amides is 1. The highest BCUT2D eigenvalue weighted by molar-refractivity contribution is 6.07. The number of nitrogens with zero attached hydrogens (tertiary/aromatic N) is 2. The number of carbonyl (C=O) groups excluding carboxylic acids is 1. The second kappa shape index (κ2) is 8.06. The summed E-state index contributed by atoms with van der Waals surface area (Å²) in [5.41, 5.74) is 1.85. The fraction of sp³-hybridized carbons (Fsp3) is 0.333. The number of aromatic nitrogens is 1. The number of pyridine rings is 1. The van der Waals surface area contributed by atoms with Crippen molar-refractivity contribution < 1.29 is 18.0 Å². The molecule has 1 N–H and O–H groups in total. The number of alkyl halides is 2. The van der Waals surface area contributed by atoms with Crippen LogP contribution < -0.4 is 5.32 Å². The summed E-state index contributed by atoms with van der Waals surface area (Å²) >= 11 is 0. The molecule has 0 unspecified atom stereocenters. The van der Waals surface area contributed by atoms with Crippen LogP contribution in [0.2, 0.25) is 0 Å². The van der Waals surface area contributed by atoms with Gasteiger partial charge in [0.1, 0.15) is 5.69 Å². The van der Waals surface area contributed by atoms with Gasteiger partial charge in [0, 0.05) is 24.5 Å². The van der Waals surface area contributed by atoms with Gasteiger partial charge >= 0.3 is 0 Å². The predicted octanol–water partition coefficient (Wildman–Crippen LogP) is 3.95. The quantitative estimate of drug-likeness (QED) is 0.722. The summed E-state index contributed by atoms with van der Waals surface area (Å²) < 4.78 is 30.5. The monoisotopic (exact) mass is 385 g/mol. The van der Waals surface area contributed by atoms with Crippen molar-refractivity contribution in [3.8, 4) is 11.5 Å². The molecule has 1 aliphatic heterocycles. The van der Waals surface area contributed by atoms with Crippen LogP contribution in [0.1, 0.15) is 23.2 Å². The summed E-state index contributed by atoms with van der Waals surface area (Å²) in [5.74, 6) is 0.416. The maximum absolute atomic E-state index is 13.0. The van der Waals surface area contributed by atoms with Crippen molar-refractivity contribution in [3.05, 3.63) is 54.3 Å². The third kappa shape index (κ3) is 4.04. The van der Waals surface area contributed by atoms with Gasteiger partial charge in [-0.25, -0.2) is 13.8 Å². The van der Waals surface area contributed by atoms with Crippen LogP contribution >= 0.6 is 0 Å². The van der Waals surface area contributed by atoms with Crippen molar-refractivity contribution in [1.82, 2.24) is 15.2 Å². The van der Waals surface area contributed by atoms with Crippen molar-refractivity contribution in [2.45, 2.75) is 25.3 Å². The Morgan fingerprint density at radius 1 is 1.21 bits per heavy atom. The van der Waals surface area contributed by atoms with Crippen LogP contribution in [0, 0.1) is 0 Å². The third-order valence-corrected chi connectivity index (χ3v) is 5.05. The first-order valence-electron chi connectivity index (χ1n) is 9.35. The summed E-state index contributed by atoms with van der Waals surface area (Å²) in [4.78, 5) is 19.3. The molecule has 1 fully saturated rings. The number of hydrogen-bond donors (Lipinski definition) is 1. The molecule has 0 atom stereocenters. The minimum absolute atomic E-state index is 0.0274. The van der Waals surface area contributed by atoms with Gasteiger partial charge in [-0.1, -0.05) is 18.2 Å². The zero-order chi connectivity index (χ0) is 19.5. The second-order valence-corrected chi connectivity index (χ2v) is 6.99. The highest BCUT2D eigenvalue weighted by atomic mass is 19.3. The Hall–Kier alpha value is -2.80. The Kier molecular flexibility index (Phi) is 5.34. The fourth-order valence-electron chi connectivity index (χ4n) is 3.63. The van der Waals surface area contributed by atoms with Crippen molar-refractivity contribution in [2.24, 2.45) is 0 Å². The average molecular weight is 385 g/mol. The van der Waals surface area contributed by atoms with Gasteiger partial charge < -0.3 is 9.73 Å². The molecule has 0 spiro atoms. The maximum Gasteiger partial charge on any atom is 0.252 e. The molecule has 5 nitrogen and oxygen atoms in total. The van der Waals surface area contributed by atoms with Crippen LogP contribution in [0.5, 0.6) is 0 Å². The lowest BCUT2D eigenvalue weighted by Gasteiger charge is -2.32. The summed E-state index contributed by atoms with van der Waals surface area (Å²) in [6, 6.07) is 12.8. The summed E-state index contributed by atoms with van der Waals surface area (Å²) in [5, 5.41) is 3.83. The SMILES string of the molecule is O=C(NC1CCN(CC(F)F)CC1)c1cc(-c2ccco2)nc2ccccc12. The zero-order valence-corrected chi connectivity index (χ0v) is 15.3. The van der Waals surface area contributed by atoms with Crippen molar-refractivity contribution in [1.29, 1.82) is 0 Å². The minimum Gasteiger partial charge on any atom is -0.463 e. The van der Waals surface area contributed by atoms with E-state index in [9.17, 15) is 13.6 Å². The maximum atomic E-state index is 13.0. The van der Waals surface area contributed by atoms with Gasteiger partial charge in [-0.15, -0.1) is 0 Å². The van der Waals surface area contributed by atoms with Gasteiger partial charge in [0.25, 0.3) is 12.3 Å². The van der Waals surface area contributed by atoms with E-state index in [1.165, 1.54) is 0 Å². The Morgan fingerprint density at radius 2 is 2.00 bits per heavy atom. The smallest absolute Gasteiger partial charge is 0.252 e. The molecule has 7 heteroatoms. The highest BCUT2D eigenvalue weighted by Crippen LogP contribution is 2.25. The predicted molar refractivity (Wildman–Crippen MR) is 102 cm³/mol. The molecule has 3 aromatic rings. The molecule has 0 saturated carbocycles. The van der Waals surface area contributed by atoms with Crippen LogP contribution in [-0.2, 0) is 0 Å². The number of furan rings is 1. The van der Waals surface area contributed by atoms with Crippen molar-refractivity contribution >= 4 is 16.8 Å². The first-order chi connectivity index (χ1) is 13.6. The van der Waals surface area contributed by atoms with Crippen molar-refractivity contribution in [3.63, 3.8) is 0 Å². The van der Waals surface area contributed by atoms with Crippen LogP contribution in [0.4, 0.5) is 8.78 Å². The van der Waals surface area contributed by atoms with Crippen LogP contribution in [0.3, 0.4) is 0 Å². The first-order valence-corrected chi connectivity index (χ1v) is 9.35. The van der Waals surface area contributed by atoms with E-state index in [4.69, 9.17) is 4.42 Å². The molecule has 1 aliphatic rings. The molecule has 28 heavy (non-hydrogen) atoms.